The van der Waals surface area contributed by atoms with Crippen LogP contribution in [-0.2, 0) is 4.74 Å². The molecule has 3 aromatic carbocycles. The lowest BCUT2D eigenvalue weighted by Gasteiger charge is -2.39. The van der Waals surface area contributed by atoms with Gasteiger partial charge < -0.3 is 4.74 Å². The zero-order valence-electron chi connectivity index (χ0n) is 18.9. The monoisotopic (exact) mass is 413 g/mol. The van der Waals surface area contributed by atoms with Crippen molar-refractivity contribution in [1.29, 1.82) is 0 Å². The minimum Gasteiger partial charge on any atom is -0.379 e. The van der Waals surface area contributed by atoms with Crippen molar-refractivity contribution in [2.24, 2.45) is 0 Å². The van der Waals surface area contributed by atoms with Gasteiger partial charge >= 0.3 is 0 Å². The number of aryl methyl sites for hydroxylation is 2. The smallest absolute Gasteiger partial charge is 0.182 e. The molecule has 1 aliphatic rings. The molecule has 1 heterocycles. The van der Waals surface area contributed by atoms with Gasteiger partial charge in [-0.05, 0) is 61.1 Å². The van der Waals surface area contributed by atoms with Gasteiger partial charge in [0.1, 0.15) is 0 Å². The van der Waals surface area contributed by atoms with Gasteiger partial charge in [0.05, 0.1) is 18.8 Å². The summed E-state index contributed by atoms with van der Waals surface area (Å²) in [6.07, 6.45) is 0. The normalized spacial score (nSPS) is 15.1. The fraction of sp³-hybridized carbons (Fsp3) is 0.321. The van der Waals surface area contributed by atoms with Crippen molar-refractivity contribution in [3.05, 3.63) is 83.4 Å². The molecule has 1 aliphatic heterocycles. The molecule has 0 atom stereocenters. The van der Waals surface area contributed by atoms with Crippen LogP contribution in [0.15, 0.2) is 66.7 Å². The summed E-state index contributed by atoms with van der Waals surface area (Å²) in [5.41, 5.74) is 7.57. The molecule has 0 N–H and O–H groups in total. The van der Waals surface area contributed by atoms with Crippen molar-refractivity contribution in [3.63, 3.8) is 0 Å². The predicted octanol–water partition coefficient (Wildman–Crippen LogP) is 5.93. The lowest BCUT2D eigenvalue weighted by atomic mass is 9.90. The number of carbonyl (C=O) groups is 1. The highest BCUT2D eigenvalue weighted by molar-refractivity contribution is 6.03. The van der Waals surface area contributed by atoms with E-state index in [0.29, 0.717) is 13.2 Å². The van der Waals surface area contributed by atoms with Crippen molar-refractivity contribution in [2.75, 3.05) is 26.3 Å². The number of hydrogen-bond donors (Lipinski definition) is 0. The Hall–Kier alpha value is -2.75. The third kappa shape index (κ3) is 4.48. The molecule has 1 saturated heterocycles. The van der Waals surface area contributed by atoms with Crippen LogP contribution in [0.25, 0.3) is 22.3 Å². The Kier molecular flexibility index (Phi) is 6.08. The van der Waals surface area contributed by atoms with Crippen LogP contribution < -0.4 is 0 Å². The molecule has 4 rings (SSSR count). The maximum absolute atomic E-state index is 13.2. The molecular formula is C28H31NO2. The quantitative estimate of drug-likeness (QED) is 0.486. The second-order valence-corrected chi connectivity index (χ2v) is 8.94. The van der Waals surface area contributed by atoms with Gasteiger partial charge in [0, 0.05) is 18.7 Å². The van der Waals surface area contributed by atoms with Crippen LogP contribution >= 0.6 is 0 Å². The van der Waals surface area contributed by atoms with Gasteiger partial charge in [-0.2, -0.15) is 0 Å². The van der Waals surface area contributed by atoms with E-state index >= 15 is 0 Å². The zero-order chi connectivity index (χ0) is 22.0. The highest BCUT2D eigenvalue weighted by Gasteiger charge is 2.35. The summed E-state index contributed by atoms with van der Waals surface area (Å²) >= 11 is 0. The lowest BCUT2D eigenvalue weighted by Crippen LogP contribution is -2.54. The highest BCUT2D eigenvalue weighted by atomic mass is 16.5. The second-order valence-electron chi connectivity index (χ2n) is 8.94. The summed E-state index contributed by atoms with van der Waals surface area (Å²) in [5, 5.41) is 0. The average Bonchev–Trinajstić information content (AvgIpc) is 2.81. The van der Waals surface area contributed by atoms with E-state index in [4.69, 9.17) is 4.74 Å². The first-order valence-corrected chi connectivity index (χ1v) is 11.0. The summed E-state index contributed by atoms with van der Waals surface area (Å²) in [7, 11) is 0. The number of nitrogens with zero attached hydrogens (tertiary/aromatic N) is 1. The van der Waals surface area contributed by atoms with Crippen molar-refractivity contribution in [1.82, 2.24) is 4.90 Å². The number of Topliss-reactive ketones (excluding diaryl/α,β-unsaturated/α-hetero) is 1. The van der Waals surface area contributed by atoms with Crippen LogP contribution in [0, 0.1) is 13.8 Å². The molecule has 0 unspecified atom stereocenters. The summed E-state index contributed by atoms with van der Waals surface area (Å²) in [5.74, 6) is 0.158. The number of morpholine rings is 1. The molecule has 0 spiro atoms. The van der Waals surface area contributed by atoms with Gasteiger partial charge in [0.15, 0.2) is 5.78 Å². The Morgan fingerprint density at radius 1 is 0.742 bits per heavy atom. The van der Waals surface area contributed by atoms with Gasteiger partial charge in [0.2, 0.25) is 0 Å². The number of carbonyl (C=O) groups excluding carboxylic acids is 1. The molecule has 0 saturated carbocycles. The fourth-order valence-electron chi connectivity index (χ4n) is 4.21. The van der Waals surface area contributed by atoms with Crippen molar-refractivity contribution in [3.8, 4) is 22.3 Å². The first-order chi connectivity index (χ1) is 14.9. The molecule has 31 heavy (non-hydrogen) atoms. The van der Waals surface area contributed by atoms with Crippen molar-refractivity contribution in [2.45, 2.75) is 33.2 Å². The molecule has 0 radical (unpaired) electrons. The third-order valence-corrected chi connectivity index (χ3v) is 6.56. The maximum Gasteiger partial charge on any atom is 0.182 e. The minimum absolute atomic E-state index is 0.158. The minimum atomic E-state index is -0.529. The molecule has 0 amide bonds. The first-order valence-electron chi connectivity index (χ1n) is 11.0. The van der Waals surface area contributed by atoms with Crippen LogP contribution in [0.2, 0.25) is 0 Å². The Bertz CT molecular complexity index is 1060. The average molecular weight is 414 g/mol. The van der Waals surface area contributed by atoms with Gasteiger partial charge in [0.25, 0.3) is 0 Å². The van der Waals surface area contributed by atoms with E-state index in [1.54, 1.807) is 0 Å². The van der Waals surface area contributed by atoms with Gasteiger partial charge in [-0.25, -0.2) is 0 Å². The SMILES string of the molecule is Cc1ccc(-c2ccc(-c3ccc(C(=O)C(C)(C)N4CCOCC4)cc3)cc2)cc1C. The summed E-state index contributed by atoms with van der Waals surface area (Å²) in [6.45, 7) is 11.3. The molecule has 0 aliphatic carbocycles. The third-order valence-electron chi connectivity index (χ3n) is 6.56. The summed E-state index contributed by atoms with van der Waals surface area (Å²) in [4.78, 5) is 15.4. The molecular weight excluding hydrogens is 382 g/mol. The zero-order valence-corrected chi connectivity index (χ0v) is 18.9. The molecule has 1 fully saturated rings. The molecule has 3 heteroatoms. The first kappa shape index (κ1) is 21.5. The van der Waals surface area contributed by atoms with Crippen LogP contribution in [0.4, 0.5) is 0 Å². The predicted molar refractivity (Wildman–Crippen MR) is 128 cm³/mol. The van der Waals surface area contributed by atoms with Gasteiger partial charge in [-0.15, -0.1) is 0 Å². The molecule has 3 aromatic rings. The van der Waals surface area contributed by atoms with E-state index in [1.807, 2.05) is 38.1 Å². The number of benzene rings is 3. The van der Waals surface area contributed by atoms with Crippen LogP contribution in [0.3, 0.4) is 0 Å². The highest BCUT2D eigenvalue weighted by Crippen LogP contribution is 2.28. The largest absolute Gasteiger partial charge is 0.379 e. The van der Waals surface area contributed by atoms with Crippen LogP contribution in [0.1, 0.15) is 35.3 Å². The number of rotatable bonds is 5. The second kappa shape index (κ2) is 8.78. The van der Waals surface area contributed by atoms with Crippen molar-refractivity contribution < 1.29 is 9.53 Å². The molecule has 0 aromatic heterocycles. The number of ketones is 1. The lowest BCUT2D eigenvalue weighted by molar-refractivity contribution is -0.00429. The Balaban J connectivity index is 1.51. The molecule has 0 bridgehead atoms. The Morgan fingerprint density at radius 3 is 1.77 bits per heavy atom. The van der Waals surface area contributed by atoms with Crippen LogP contribution in [0.5, 0.6) is 0 Å². The summed E-state index contributed by atoms with van der Waals surface area (Å²) < 4.78 is 5.44. The van der Waals surface area contributed by atoms with E-state index in [1.165, 1.54) is 22.3 Å². The van der Waals surface area contributed by atoms with E-state index in [9.17, 15) is 4.79 Å². The van der Waals surface area contributed by atoms with Gasteiger partial charge in [-0.3, -0.25) is 9.69 Å². The van der Waals surface area contributed by atoms with Crippen LogP contribution in [-0.4, -0.2) is 42.5 Å². The molecule has 160 valence electrons. The maximum atomic E-state index is 13.2. The Morgan fingerprint density at radius 2 is 1.23 bits per heavy atom. The van der Waals surface area contributed by atoms with E-state index in [0.717, 1.165) is 29.8 Å². The number of hydrogen-bond acceptors (Lipinski definition) is 3. The van der Waals surface area contributed by atoms with Crippen molar-refractivity contribution >= 4 is 5.78 Å². The number of ether oxygens (including phenoxy) is 1. The fourth-order valence-corrected chi connectivity index (χ4v) is 4.21. The molecule has 3 nitrogen and oxygen atoms in total. The standard InChI is InChI=1S/C28H31NO2/c1-20-5-6-26(19-21(20)2)24-9-7-22(8-10-24)23-11-13-25(14-12-23)27(30)28(3,4)29-15-17-31-18-16-29/h5-14,19H,15-18H2,1-4H3. The van der Waals surface area contributed by atoms with E-state index in [2.05, 4.69) is 61.2 Å². The van der Waals surface area contributed by atoms with E-state index < -0.39 is 5.54 Å². The van der Waals surface area contributed by atoms with E-state index in [-0.39, 0.29) is 5.78 Å². The topological polar surface area (TPSA) is 29.5 Å². The Labute approximate surface area is 185 Å². The van der Waals surface area contributed by atoms with Gasteiger partial charge in [-0.1, -0.05) is 66.7 Å². The summed E-state index contributed by atoms with van der Waals surface area (Å²) in [6, 6.07) is 23.2.